The highest BCUT2D eigenvalue weighted by atomic mass is 32.1. The molecule has 0 aromatic carbocycles. The molecule has 2 rings (SSSR count). The lowest BCUT2D eigenvalue weighted by atomic mass is 10.4. The predicted molar refractivity (Wildman–Crippen MR) is 73.3 cm³/mol. The van der Waals surface area contributed by atoms with Gasteiger partial charge in [0, 0.05) is 18.2 Å². The molecule has 0 saturated carbocycles. The molecule has 1 amide bonds. The Morgan fingerprint density at radius 2 is 2.15 bits per heavy atom. The summed E-state index contributed by atoms with van der Waals surface area (Å²) < 4.78 is 1.71. The van der Waals surface area contributed by atoms with Gasteiger partial charge >= 0.3 is 10.9 Å². The Kier molecular flexibility index (Phi) is 4.51. The Morgan fingerprint density at radius 3 is 2.80 bits per heavy atom. The summed E-state index contributed by atoms with van der Waals surface area (Å²) in [6.45, 7) is 0.156. The van der Waals surface area contributed by atoms with Gasteiger partial charge in [0.2, 0.25) is 6.54 Å². The topological polar surface area (TPSA) is 88.5 Å². The smallest absolute Gasteiger partial charge is 0.266 e. The number of hydrazone groups is 1. The molecular formula is C12H11N4O3S+. The molecule has 20 heavy (non-hydrogen) atoms. The lowest BCUT2D eigenvalue weighted by Gasteiger charge is -1.95. The summed E-state index contributed by atoms with van der Waals surface area (Å²) in [6.07, 6.45) is 4.92. The minimum absolute atomic E-state index is 0.0395. The van der Waals surface area contributed by atoms with Gasteiger partial charge in [-0.2, -0.15) is 9.67 Å². The zero-order valence-corrected chi connectivity index (χ0v) is 11.1. The summed E-state index contributed by atoms with van der Waals surface area (Å²) >= 11 is 0.992. The first-order valence-electron chi connectivity index (χ1n) is 5.65. The van der Waals surface area contributed by atoms with E-state index in [1.54, 1.807) is 23.0 Å². The summed E-state index contributed by atoms with van der Waals surface area (Å²) in [5.74, 6) is -0.275. The van der Waals surface area contributed by atoms with Crippen LogP contribution in [-0.4, -0.2) is 17.0 Å². The van der Waals surface area contributed by atoms with Crippen LogP contribution in [0.3, 0.4) is 0 Å². The molecule has 8 heteroatoms. The van der Waals surface area contributed by atoms with Crippen LogP contribution in [0.5, 0.6) is 0 Å². The van der Waals surface area contributed by atoms with Crippen molar-refractivity contribution < 1.29 is 14.3 Å². The van der Waals surface area contributed by atoms with Crippen LogP contribution < -0.4 is 9.99 Å². The first-order valence-corrected chi connectivity index (χ1v) is 6.47. The Morgan fingerprint density at radius 1 is 1.40 bits per heavy atom. The fourth-order valence-electron chi connectivity index (χ4n) is 1.42. The van der Waals surface area contributed by atoms with Crippen LogP contribution in [0.4, 0.5) is 5.00 Å². The number of pyridine rings is 1. The van der Waals surface area contributed by atoms with E-state index in [9.17, 15) is 14.9 Å². The van der Waals surface area contributed by atoms with Gasteiger partial charge in [-0.1, -0.05) is 17.4 Å². The second-order valence-electron chi connectivity index (χ2n) is 3.77. The van der Waals surface area contributed by atoms with Gasteiger partial charge in [0.1, 0.15) is 0 Å². The molecule has 0 unspecified atom stereocenters. The van der Waals surface area contributed by atoms with Crippen molar-refractivity contribution in [3.63, 3.8) is 0 Å². The summed E-state index contributed by atoms with van der Waals surface area (Å²) in [5.41, 5.74) is 2.36. The van der Waals surface area contributed by atoms with Crippen molar-refractivity contribution in [2.75, 3.05) is 0 Å². The molecule has 0 aliphatic carbocycles. The van der Waals surface area contributed by atoms with Gasteiger partial charge in [-0.05, 0) is 6.07 Å². The molecule has 0 atom stereocenters. The van der Waals surface area contributed by atoms with Crippen molar-refractivity contribution in [3.05, 3.63) is 57.7 Å². The number of nitro groups is 1. The SMILES string of the molecule is O=C(C[n+]1ccccc1)NN=Cc1ccc([N+](=O)[O-])s1. The fraction of sp³-hybridized carbons (Fsp3) is 0.0833. The monoisotopic (exact) mass is 291 g/mol. The van der Waals surface area contributed by atoms with Gasteiger partial charge in [0.25, 0.3) is 0 Å². The number of carbonyl (C=O) groups excluding carboxylic acids is 1. The number of nitrogens with one attached hydrogen (secondary N) is 1. The molecule has 1 N–H and O–H groups in total. The standard InChI is InChI=1S/C12H10N4O3S/c17-11(9-15-6-2-1-3-7-15)14-13-8-10-4-5-12(20-10)16(18)19/h1-8H,9H2/p+1. The molecule has 0 fully saturated rings. The van der Waals surface area contributed by atoms with Gasteiger partial charge in [-0.15, -0.1) is 0 Å². The second-order valence-corrected chi connectivity index (χ2v) is 4.87. The molecule has 0 aliphatic heterocycles. The molecule has 0 bridgehead atoms. The first kappa shape index (κ1) is 13.8. The number of nitrogens with zero attached hydrogens (tertiary/aromatic N) is 3. The molecule has 102 valence electrons. The Hall–Kier alpha value is -2.61. The number of hydrogen-bond acceptors (Lipinski definition) is 5. The highest BCUT2D eigenvalue weighted by Gasteiger charge is 2.09. The van der Waals surface area contributed by atoms with Crippen LogP contribution >= 0.6 is 11.3 Å². The zero-order chi connectivity index (χ0) is 14.4. The van der Waals surface area contributed by atoms with E-state index < -0.39 is 4.92 Å². The van der Waals surface area contributed by atoms with Crippen molar-refractivity contribution in [2.45, 2.75) is 6.54 Å². The van der Waals surface area contributed by atoms with Crippen molar-refractivity contribution >= 4 is 28.5 Å². The minimum atomic E-state index is -0.466. The fourth-order valence-corrected chi connectivity index (χ4v) is 2.11. The normalized spacial score (nSPS) is 10.6. The van der Waals surface area contributed by atoms with Crippen LogP contribution in [0.25, 0.3) is 0 Å². The third-order valence-electron chi connectivity index (χ3n) is 2.28. The van der Waals surface area contributed by atoms with Gasteiger partial charge < -0.3 is 0 Å². The van der Waals surface area contributed by atoms with E-state index in [1.807, 2.05) is 18.2 Å². The number of hydrogen-bond donors (Lipinski definition) is 1. The van der Waals surface area contributed by atoms with Crippen LogP contribution in [-0.2, 0) is 11.3 Å². The third kappa shape index (κ3) is 3.95. The predicted octanol–water partition coefficient (Wildman–Crippen LogP) is 1.09. The van der Waals surface area contributed by atoms with Crippen molar-refractivity contribution in [3.8, 4) is 0 Å². The van der Waals surface area contributed by atoms with Gasteiger partial charge in [-0.25, -0.2) is 5.43 Å². The molecule has 0 saturated heterocycles. The minimum Gasteiger partial charge on any atom is -0.266 e. The van der Waals surface area contributed by atoms with Crippen molar-refractivity contribution in [1.29, 1.82) is 0 Å². The van der Waals surface area contributed by atoms with Gasteiger partial charge in [-0.3, -0.25) is 14.9 Å². The lowest BCUT2D eigenvalue weighted by Crippen LogP contribution is -2.40. The quantitative estimate of drug-likeness (QED) is 0.387. The maximum atomic E-state index is 11.6. The first-order chi connectivity index (χ1) is 9.65. The van der Waals surface area contributed by atoms with Gasteiger partial charge in [0.05, 0.1) is 16.0 Å². The van der Waals surface area contributed by atoms with E-state index in [-0.39, 0.29) is 17.5 Å². The highest BCUT2D eigenvalue weighted by molar-refractivity contribution is 7.16. The molecule has 2 aromatic heterocycles. The van der Waals surface area contributed by atoms with Crippen molar-refractivity contribution in [2.24, 2.45) is 5.10 Å². The molecule has 7 nitrogen and oxygen atoms in total. The maximum absolute atomic E-state index is 11.6. The highest BCUT2D eigenvalue weighted by Crippen LogP contribution is 2.22. The Bertz CT molecular complexity index is 639. The largest absolute Gasteiger partial charge is 0.324 e. The molecule has 2 heterocycles. The third-order valence-corrected chi connectivity index (χ3v) is 3.25. The zero-order valence-electron chi connectivity index (χ0n) is 10.3. The van der Waals surface area contributed by atoms with Crippen LogP contribution in [0.2, 0.25) is 0 Å². The molecule has 0 spiro atoms. The summed E-state index contributed by atoms with van der Waals surface area (Å²) in [7, 11) is 0. The van der Waals surface area contributed by atoms with E-state index >= 15 is 0 Å². The summed E-state index contributed by atoms with van der Waals surface area (Å²) in [5, 5.41) is 14.3. The maximum Gasteiger partial charge on any atom is 0.324 e. The lowest BCUT2D eigenvalue weighted by molar-refractivity contribution is -0.684. The number of amides is 1. The van der Waals surface area contributed by atoms with Crippen molar-refractivity contribution in [1.82, 2.24) is 5.43 Å². The summed E-state index contributed by atoms with van der Waals surface area (Å²) in [6, 6.07) is 8.47. The molecular weight excluding hydrogens is 280 g/mol. The van der Waals surface area contributed by atoms with E-state index in [1.165, 1.54) is 12.3 Å². The number of rotatable bonds is 5. The molecule has 0 radical (unpaired) electrons. The van der Waals surface area contributed by atoms with E-state index in [0.717, 1.165) is 11.3 Å². The average molecular weight is 291 g/mol. The van der Waals surface area contributed by atoms with Crippen LogP contribution in [0.1, 0.15) is 4.88 Å². The Balaban J connectivity index is 1.86. The van der Waals surface area contributed by atoms with E-state index in [0.29, 0.717) is 4.88 Å². The molecule has 2 aromatic rings. The van der Waals surface area contributed by atoms with Gasteiger partial charge in [0.15, 0.2) is 12.4 Å². The molecule has 0 aliphatic rings. The van der Waals surface area contributed by atoms with Crippen LogP contribution in [0, 0.1) is 10.1 Å². The number of aromatic nitrogens is 1. The average Bonchev–Trinajstić information content (AvgIpc) is 2.89. The summed E-state index contributed by atoms with van der Waals surface area (Å²) in [4.78, 5) is 22.2. The number of thiophene rings is 1. The van der Waals surface area contributed by atoms with E-state index in [2.05, 4.69) is 10.5 Å². The number of carbonyl (C=O) groups is 1. The second kappa shape index (κ2) is 6.53. The van der Waals surface area contributed by atoms with Crippen LogP contribution in [0.15, 0.2) is 47.8 Å². The Labute approximate surface area is 118 Å². The van der Waals surface area contributed by atoms with E-state index in [4.69, 9.17) is 0 Å².